The lowest BCUT2D eigenvalue weighted by atomic mass is 9.97. The maximum absolute atomic E-state index is 4.91. The fourth-order valence-corrected chi connectivity index (χ4v) is 16.6. The van der Waals surface area contributed by atoms with Crippen molar-refractivity contribution >= 4 is 83.3 Å². The Bertz CT molecular complexity index is 3730. The van der Waals surface area contributed by atoms with Gasteiger partial charge in [0.05, 0.1) is 16.6 Å². The van der Waals surface area contributed by atoms with Gasteiger partial charge in [-0.15, -0.1) is 0 Å². The average molecular weight is 807 g/mol. The van der Waals surface area contributed by atoms with Crippen molar-refractivity contribution in [2.75, 3.05) is 0 Å². The highest BCUT2D eigenvalue weighted by Crippen LogP contribution is 2.41. The molecule has 0 fully saturated rings. The molecule has 4 heterocycles. The Morgan fingerprint density at radius 3 is 1.66 bits per heavy atom. The van der Waals surface area contributed by atoms with Crippen molar-refractivity contribution in [3.63, 3.8) is 0 Å². The summed E-state index contributed by atoms with van der Waals surface area (Å²) >= 11 is 0. The van der Waals surface area contributed by atoms with Crippen molar-refractivity contribution in [3.05, 3.63) is 213 Å². The summed E-state index contributed by atoms with van der Waals surface area (Å²) < 4.78 is 4.86. The van der Waals surface area contributed by atoms with E-state index >= 15 is 0 Å². The molecule has 0 N–H and O–H groups in total. The van der Waals surface area contributed by atoms with Crippen LogP contribution in [0.4, 0.5) is 0 Å². The molecule has 0 saturated heterocycles. The molecule has 62 heavy (non-hydrogen) atoms. The zero-order valence-electron chi connectivity index (χ0n) is 34.0. The molecule has 0 amide bonds. The smallest absolute Gasteiger partial charge is 0.183 e. The van der Waals surface area contributed by atoms with E-state index in [9.17, 15) is 0 Å². The van der Waals surface area contributed by atoms with Gasteiger partial charge in [0.15, 0.2) is 8.07 Å². The highest BCUT2D eigenvalue weighted by atomic mass is 28.3. The third kappa shape index (κ3) is 4.77. The molecule has 290 valence electrons. The van der Waals surface area contributed by atoms with Gasteiger partial charge in [0, 0.05) is 62.5 Å². The minimum absolute atomic E-state index is 0.967. The number of benzene rings is 9. The second-order valence-corrected chi connectivity index (χ2v) is 20.2. The van der Waals surface area contributed by atoms with E-state index in [-0.39, 0.29) is 0 Å². The van der Waals surface area contributed by atoms with E-state index in [1.807, 2.05) is 6.20 Å². The van der Waals surface area contributed by atoms with Crippen LogP contribution in [-0.2, 0) is 7.05 Å². The summed E-state index contributed by atoms with van der Waals surface area (Å²) in [6.07, 6.45) is 3.60. The lowest BCUT2D eigenvalue weighted by molar-refractivity contribution is 1.01. The molecular weight excluding hydrogens is 769 g/mol. The van der Waals surface area contributed by atoms with E-state index < -0.39 is 8.07 Å². The number of hydrogen-bond acceptors (Lipinski definition) is 2. The van der Waals surface area contributed by atoms with Gasteiger partial charge in [-0.25, -0.2) is 9.97 Å². The lowest BCUT2D eigenvalue weighted by Gasteiger charge is -2.34. The first-order valence-corrected chi connectivity index (χ1v) is 23.3. The van der Waals surface area contributed by atoms with Crippen molar-refractivity contribution in [1.82, 2.24) is 19.1 Å². The zero-order valence-corrected chi connectivity index (χ0v) is 35.0. The van der Waals surface area contributed by atoms with E-state index in [4.69, 9.17) is 4.98 Å². The fourth-order valence-electron chi connectivity index (χ4n) is 11.0. The van der Waals surface area contributed by atoms with Crippen LogP contribution < -0.4 is 20.7 Å². The molecule has 0 saturated carbocycles. The van der Waals surface area contributed by atoms with Crippen LogP contribution in [-0.4, -0.2) is 27.2 Å². The van der Waals surface area contributed by atoms with Crippen LogP contribution in [0, 0.1) is 0 Å². The largest absolute Gasteiger partial charge is 0.344 e. The predicted molar refractivity (Wildman–Crippen MR) is 261 cm³/mol. The Morgan fingerprint density at radius 2 is 0.935 bits per heavy atom. The number of para-hydroxylation sites is 3. The van der Waals surface area contributed by atoms with Gasteiger partial charge in [-0.3, -0.25) is 0 Å². The van der Waals surface area contributed by atoms with Gasteiger partial charge in [-0.1, -0.05) is 158 Å². The quantitative estimate of drug-likeness (QED) is 0.162. The van der Waals surface area contributed by atoms with E-state index in [1.165, 1.54) is 97.9 Å². The third-order valence-electron chi connectivity index (χ3n) is 13.5. The summed E-state index contributed by atoms with van der Waals surface area (Å²) in [6, 6.07) is 74.8. The fraction of sp³-hybridized carbons (Fsp3) is 0.0175. The van der Waals surface area contributed by atoms with Crippen LogP contribution in [0.1, 0.15) is 0 Å². The first-order valence-electron chi connectivity index (χ1n) is 21.3. The molecule has 3 aromatic heterocycles. The van der Waals surface area contributed by atoms with Crippen LogP contribution in [0.25, 0.3) is 93.6 Å². The van der Waals surface area contributed by atoms with Crippen molar-refractivity contribution in [3.8, 4) is 39.1 Å². The molecule has 0 radical (unpaired) electrons. The second kappa shape index (κ2) is 13.3. The normalized spacial score (nSPS) is 13.0. The first-order chi connectivity index (χ1) is 30.7. The molecule has 13 rings (SSSR count). The Hall–Kier alpha value is -7.86. The molecule has 5 heteroatoms. The molecule has 0 bridgehead atoms. The van der Waals surface area contributed by atoms with Crippen molar-refractivity contribution in [2.45, 2.75) is 0 Å². The van der Waals surface area contributed by atoms with Gasteiger partial charge in [-0.05, 0) is 91.0 Å². The van der Waals surface area contributed by atoms with Crippen molar-refractivity contribution in [2.24, 2.45) is 7.05 Å². The second-order valence-electron chi connectivity index (χ2n) is 16.6. The molecule has 0 unspecified atom stereocenters. The summed E-state index contributed by atoms with van der Waals surface area (Å²) in [5.41, 5.74) is 14.4. The third-order valence-corrected chi connectivity index (χ3v) is 18.5. The highest BCUT2D eigenvalue weighted by molar-refractivity contribution is 7.23. The Morgan fingerprint density at radius 1 is 0.419 bits per heavy atom. The highest BCUT2D eigenvalue weighted by Gasteiger charge is 2.52. The van der Waals surface area contributed by atoms with Gasteiger partial charge in [0.25, 0.3) is 0 Å². The number of nitrogens with zero attached hydrogens (tertiary/aromatic N) is 4. The Balaban J connectivity index is 1.11. The molecule has 9 aromatic carbocycles. The van der Waals surface area contributed by atoms with E-state index in [0.717, 1.165) is 16.5 Å². The summed E-state index contributed by atoms with van der Waals surface area (Å²) in [6.45, 7) is 0. The van der Waals surface area contributed by atoms with Gasteiger partial charge in [-0.2, -0.15) is 0 Å². The molecular formula is C57H38N4Si. The predicted octanol–water partition coefficient (Wildman–Crippen LogP) is 11.1. The van der Waals surface area contributed by atoms with E-state index in [1.54, 1.807) is 6.33 Å². The summed E-state index contributed by atoms with van der Waals surface area (Å²) in [5, 5.41) is 11.6. The molecule has 4 nitrogen and oxygen atoms in total. The van der Waals surface area contributed by atoms with Crippen LogP contribution in [0.5, 0.6) is 0 Å². The van der Waals surface area contributed by atoms with Crippen molar-refractivity contribution in [1.29, 1.82) is 0 Å². The lowest BCUT2D eigenvalue weighted by Crippen LogP contribution is -2.73. The molecule has 1 aliphatic heterocycles. The topological polar surface area (TPSA) is 35.6 Å². The van der Waals surface area contributed by atoms with Gasteiger partial charge in [0.1, 0.15) is 6.33 Å². The summed E-state index contributed by atoms with van der Waals surface area (Å²) in [5.74, 6) is 0. The number of rotatable bonds is 5. The van der Waals surface area contributed by atoms with Gasteiger partial charge >= 0.3 is 0 Å². The number of hydrogen-bond donors (Lipinski definition) is 0. The summed E-state index contributed by atoms with van der Waals surface area (Å²) in [7, 11) is -0.929. The van der Waals surface area contributed by atoms with E-state index in [2.05, 4.69) is 221 Å². The Labute approximate surface area is 359 Å². The number of aromatic nitrogens is 4. The van der Waals surface area contributed by atoms with Crippen LogP contribution in [0.2, 0.25) is 0 Å². The monoisotopic (exact) mass is 806 g/mol. The SMILES string of the molecule is Cn1c2ccccc2c2cc(-c3ccc4c(c3)c3ccccc3n4-c3cccc4c3[Si](c3ccccc3)(c3ccccc3)c3c-4cccc3-c3cccc4cncnc34)ccc21. The Kier molecular flexibility index (Phi) is 7.51. The van der Waals surface area contributed by atoms with Gasteiger partial charge in [0.2, 0.25) is 0 Å². The molecule has 1 aliphatic rings. The van der Waals surface area contributed by atoms with Crippen molar-refractivity contribution < 1.29 is 0 Å². The minimum Gasteiger partial charge on any atom is -0.344 e. The molecule has 0 aliphatic carbocycles. The standard InChI is InChI=1S/C57H38N4Si/c1-60-50-26-10-8-20-42(50)48-33-37(29-31-51(48)60)38-30-32-53-49(34-38)43-21-9-11-27-52(43)61(53)54-28-14-25-47-46-24-13-23-45(44-22-12-15-39-35-58-36-59-55(39)44)56(46)62(57(47)54,40-16-4-2-5-17-40)41-18-6-3-7-19-41/h2-36H,1H3. The number of fused-ring (bicyclic) bond motifs is 10. The average Bonchev–Trinajstić information content (AvgIpc) is 3.95. The minimum atomic E-state index is -3.09. The van der Waals surface area contributed by atoms with Crippen LogP contribution in [0.15, 0.2) is 213 Å². The van der Waals surface area contributed by atoms with Crippen LogP contribution in [0.3, 0.4) is 0 Å². The van der Waals surface area contributed by atoms with Gasteiger partial charge < -0.3 is 9.13 Å². The van der Waals surface area contributed by atoms with Crippen LogP contribution >= 0.6 is 0 Å². The first kappa shape index (κ1) is 34.9. The van der Waals surface area contributed by atoms with E-state index in [0.29, 0.717) is 0 Å². The summed E-state index contributed by atoms with van der Waals surface area (Å²) in [4.78, 5) is 9.32. The molecule has 0 atom stereocenters. The number of aryl methyl sites for hydroxylation is 1. The molecule has 0 spiro atoms. The molecule has 12 aromatic rings. The maximum atomic E-state index is 4.91. The maximum Gasteiger partial charge on any atom is 0.183 e. The zero-order chi connectivity index (χ0) is 40.9.